The van der Waals surface area contributed by atoms with Gasteiger partial charge >= 0.3 is 0 Å². The van der Waals surface area contributed by atoms with Crippen LogP contribution in [0.2, 0.25) is 0 Å². The first kappa shape index (κ1) is 13.0. The van der Waals surface area contributed by atoms with E-state index in [-0.39, 0.29) is 5.54 Å². The predicted octanol–water partition coefficient (Wildman–Crippen LogP) is 2.97. The molecular formula is C13H23N3S. The molecule has 0 amide bonds. The first-order valence-corrected chi connectivity index (χ1v) is 7.61. The second-order valence-corrected chi connectivity index (χ2v) is 6.69. The smallest absolute Gasteiger partial charge is 0.0723 e. The van der Waals surface area contributed by atoms with Crippen LogP contribution < -0.4 is 5.73 Å². The number of hydrogen-bond donors (Lipinski definition) is 1. The minimum atomic E-state index is -0.0846. The zero-order valence-electron chi connectivity index (χ0n) is 10.9. The summed E-state index contributed by atoms with van der Waals surface area (Å²) in [5.74, 6) is 1.95. The number of rotatable bonds is 5. The molecule has 1 aliphatic carbocycles. The van der Waals surface area contributed by atoms with Crippen molar-refractivity contribution < 1.29 is 0 Å². The Balaban J connectivity index is 1.81. The highest BCUT2D eigenvalue weighted by Crippen LogP contribution is 2.29. The van der Waals surface area contributed by atoms with Crippen LogP contribution in [0.5, 0.6) is 0 Å². The van der Waals surface area contributed by atoms with Crippen molar-refractivity contribution in [1.82, 2.24) is 9.78 Å². The molecule has 0 aromatic carbocycles. The fraction of sp³-hybridized carbons (Fsp3) is 0.769. The second-order valence-electron chi connectivity index (χ2n) is 5.71. The van der Waals surface area contributed by atoms with Crippen LogP contribution >= 0.6 is 11.8 Å². The molecule has 1 saturated carbocycles. The standard InChI is InChI=1S/C13H23N3S/c1-13(2,14)10-17-9-11-7-8-16(15-11)12-5-3-4-6-12/h7-8,12H,3-6,9-10,14H2,1-2H3. The molecule has 0 bridgehead atoms. The van der Waals surface area contributed by atoms with E-state index in [1.54, 1.807) is 0 Å². The van der Waals surface area contributed by atoms with E-state index in [0.717, 1.165) is 11.5 Å². The molecule has 3 nitrogen and oxygen atoms in total. The van der Waals surface area contributed by atoms with Crippen molar-refractivity contribution >= 4 is 11.8 Å². The minimum absolute atomic E-state index is 0.0846. The third kappa shape index (κ3) is 4.03. The lowest BCUT2D eigenvalue weighted by atomic mass is 10.1. The van der Waals surface area contributed by atoms with E-state index in [9.17, 15) is 0 Å². The molecule has 0 aliphatic heterocycles. The normalized spacial score (nSPS) is 17.8. The van der Waals surface area contributed by atoms with Gasteiger partial charge in [0.15, 0.2) is 0 Å². The molecule has 4 heteroatoms. The zero-order chi connectivity index (χ0) is 12.3. The molecule has 0 saturated heterocycles. The van der Waals surface area contributed by atoms with Gasteiger partial charge in [-0.2, -0.15) is 16.9 Å². The molecule has 0 unspecified atom stereocenters. The highest BCUT2D eigenvalue weighted by atomic mass is 32.2. The molecule has 1 aromatic heterocycles. The van der Waals surface area contributed by atoms with Crippen molar-refractivity contribution in [3.63, 3.8) is 0 Å². The number of nitrogens with zero attached hydrogens (tertiary/aromatic N) is 2. The number of aromatic nitrogens is 2. The predicted molar refractivity (Wildman–Crippen MR) is 74.2 cm³/mol. The van der Waals surface area contributed by atoms with Gasteiger partial charge in [0.2, 0.25) is 0 Å². The zero-order valence-corrected chi connectivity index (χ0v) is 11.7. The summed E-state index contributed by atoms with van der Waals surface area (Å²) < 4.78 is 2.16. The van der Waals surface area contributed by atoms with Gasteiger partial charge in [-0.05, 0) is 32.8 Å². The summed E-state index contributed by atoms with van der Waals surface area (Å²) in [4.78, 5) is 0. The average molecular weight is 253 g/mol. The Labute approximate surface area is 108 Å². The first-order chi connectivity index (χ1) is 8.04. The fourth-order valence-electron chi connectivity index (χ4n) is 2.25. The van der Waals surface area contributed by atoms with Gasteiger partial charge in [0, 0.05) is 23.2 Å². The monoisotopic (exact) mass is 253 g/mol. The van der Waals surface area contributed by atoms with E-state index >= 15 is 0 Å². The van der Waals surface area contributed by atoms with Gasteiger partial charge in [-0.3, -0.25) is 4.68 Å². The summed E-state index contributed by atoms with van der Waals surface area (Å²) in [5, 5.41) is 4.67. The van der Waals surface area contributed by atoms with Crippen molar-refractivity contribution in [3.8, 4) is 0 Å². The molecule has 0 atom stereocenters. The molecule has 0 radical (unpaired) electrons. The molecule has 96 valence electrons. The summed E-state index contributed by atoms with van der Waals surface area (Å²) in [6.07, 6.45) is 7.44. The van der Waals surface area contributed by atoms with E-state index in [4.69, 9.17) is 5.73 Å². The lowest BCUT2D eigenvalue weighted by molar-refractivity contribution is 0.464. The van der Waals surface area contributed by atoms with Crippen LogP contribution in [0.25, 0.3) is 0 Å². The minimum Gasteiger partial charge on any atom is -0.325 e. The van der Waals surface area contributed by atoms with Crippen LogP contribution in [-0.4, -0.2) is 21.1 Å². The molecular weight excluding hydrogens is 230 g/mol. The third-order valence-electron chi connectivity index (χ3n) is 3.09. The molecule has 17 heavy (non-hydrogen) atoms. The van der Waals surface area contributed by atoms with E-state index in [1.807, 2.05) is 11.8 Å². The van der Waals surface area contributed by atoms with Gasteiger partial charge in [-0.15, -0.1) is 0 Å². The summed E-state index contributed by atoms with van der Waals surface area (Å²) in [7, 11) is 0. The molecule has 1 heterocycles. The van der Waals surface area contributed by atoms with Gasteiger partial charge in [0.25, 0.3) is 0 Å². The lowest BCUT2D eigenvalue weighted by Gasteiger charge is -2.16. The number of thioether (sulfide) groups is 1. The van der Waals surface area contributed by atoms with Crippen LogP contribution in [0.3, 0.4) is 0 Å². The summed E-state index contributed by atoms with van der Waals surface area (Å²) in [6, 6.07) is 2.80. The molecule has 2 rings (SSSR count). The fourth-order valence-corrected chi connectivity index (χ4v) is 3.24. The summed E-state index contributed by atoms with van der Waals surface area (Å²) in [6.45, 7) is 4.13. The topological polar surface area (TPSA) is 43.8 Å². The van der Waals surface area contributed by atoms with Gasteiger partial charge in [0.1, 0.15) is 0 Å². The lowest BCUT2D eigenvalue weighted by Crippen LogP contribution is -2.34. The van der Waals surface area contributed by atoms with E-state index in [1.165, 1.54) is 31.4 Å². The van der Waals surface area contributed by atoms with E-state index in [2.05, 4.69) is 35.9 Å². The van der Waals surface area contributed by atoms with Crippen molar-refractivity contribution in [2.24, 2.45) is 5.73 Å². The maximum atomic E-state index is 5.96. The largest absolute Gasteiger partial charge is 0.325 e. The van der Waals surface area contributed by atoms with Crippen molar-refractivity contribution in [3.05, 3.63) is 18.0 Å². The van der Waals surface area contributed by atoms with Crippen LogP contribution in [-0.2, 0) is 5.75 Å². The molecule has 1 fully saturated rings. The third-order valence-corrected chi connectivity index (χ3v) is 4.53. The van der Waals surface area contributed by atoms with Crippen LogP contribution in [0, 0.1) is 0 Å². The highest BCUT2D eigenvalue weighted by Gasteiger charge is 2.17. The van der Waals surface area contributed by atoms with Gasteiger partial charge in [-0.1, -0.05) is 12.8 Å². The van der Waals surface area contributed by atoms with Crippen LogP contribution in [0.1, 0.15) is 51.3 Å². The Bertz CT molecular complexity index is 348. The Hall–Kier alpha value is -0.480. The van der Waals surface area contributed by atoms with Crippen LogP contribution in [0.4, 0.5) is 0 Å². The number of hydrogen-bond acceptors (Lipinski definition) is 3. The van der Waals surface area contributed by atoms with Crippen LogP contribution in [0.15, 0.2) is 12.3 Å². The van der Waals surface area contributed by atoms with Gasteiger partial charge in [0.05, 0.1) is 11.7 Å². The van der Waals surface area contributed by atoms with Crippen molar-refractivity contribution in [2.45, 2.75) is 56.9 Å². The van der Waals surface area contributed by atoms with Gasteiger partial charge in [-0.25, -0.2) is 0 Å². The first-order valence-electron chi connectivity index (χ1n) is 6.45. The quantitative estimate of drug-likeness (QED) is 0.877. The molecule has 2 N–H and O–H groups in total. The van der Waals surface area contributed by atoms with Crippen molar-refractivity contribution in [1.29, 1.82) is 0 Å². The maximum Gasteiger partial charge on any atom is 0.0723 e. The second kappa shape index (κ2) is 5.44. The Morgan fingerprint density at radius 2 is 2.18 bits per heavy atom. The number of nitrogens with two attached hydrogens (primary N) is 1. The Morgan fingerprint density at radius 1 is 1.47 bits per heavy atom. The molecule has 0 spiro atoms. The average Bonchev–Trinajstić information content (AvgIpc) is 2.83. The summed E-state index contributed by atoms with van der Waals surface area (Å²) >= 11 is 1.87. The van der Waals surface area contributed by atoms with E-state index in [0.29, 0.717) is 6.04 Å². The van der Waals surface area contributed by atoms with Gasteiger partial charge < -0.3 is 5.73 Å². The Kier molecular flexibility index (Phi) is 4.15. The Morgan fingerprint density at radius 3 is 2.82 bits per heavy atom. The molecule has 1 aliphatic rings. The highest BCUT2D eigenvalue weighted by molar-refractivity contribution is 7.98. The van der Waals surface area contributed by atoms with Crippen molar-refractivity contribution in [2.75, 3.05) is 5.75 Å². The maximum absolute atomic E-state index is 5.96. The molecule has 1 aromatic rings. The SMILES string of the molecule is CC(C)(N)CSCc1ccn(C2CCCC2)n1. The summed E-state index contributed by atoms with van der Waals surface area (Å²) in [5.41, 5.74) is 7.06. The van der Waals surface area contributed by atoms with E-state index < -0.39 is 0 Å².